The summed E-state index contributed by atoms with van der Waals surface area (Å²) >= 11 is 0. The van der Waals surface area contributed by atoms with E-state index >= 15 is 0 Å². The molecule has 2 aromatic carbocycles. The molecule has 2 aromatic rings. The summed E-state index contributed by atoms with van der Waals surface area (Å²) < 4.78 is 14.3. The molecule has 142 valence electrons. The molecule has 7 heteroatoms. The van der Waals surface area contributed by atoms with Crippen LogP contribution in [0.15, 0.2) is 54.6 Å². The maximum atomic E-state index is 14.1. The van der Waals surface area contributed by atoms with Gasteiger partial charge in [0, 0.05) is 12.1 Å². The summed E-state index contributed by atoms with van der Waals surface area (Å²) in [5.41, 5.74) is 0.926. The molecule has 2 aliphatic heterocycles. The van der Waals surface area contributed by atoms with Crippen molar-refractivity contribution < 1.29 is 14.0 Å². The Balaban J connectivity index is 1.51. The second-order valence-electron chi connectivity index (χ2n) is 7.13. The number of benzene rings is 2. The third-order valence-corrected chi connectivity index (χ3v) is 5.64. The summed E-state index contributed by atoms with van der Waals surface area (Å²) in [5, 5.41) is 9.79. The van der Waals surface area contributed by atoms with E-state index in [1.165, 1.54) is 18.2 Å². The molecule has 2 heterocycles. The van der Waals surface area contributed by atoms with Crippen LogP contribution >= 0.6 is 0 Å². The fourth-order valence-corrected chi connectivity index (χ4v) is 4.05. The Labute approximate surface area is 162 Å². The van der Waals surface area contributed by atoms with Crippen LogP contribution in [0.5, 0.6) is 0 Å². The molecule has 4 rings (SSSR count). The zero-order valence-corrected chi connectivity index (χ0v) is 15.3. The van der Waals surface area contributed by atoms with Gasteiger partial charge in [-0.3, -0.25) is 14.5 Å². The van der Waals surface area contributed by atoms with Crippen LogP contribution in [0.25, 0.3) is 0 Å². The van der Waals surface area contributed by atoms with Crippen LogP contribution in [-0.4, -0.2) is 48.9 Å². The molecule has 28 heavy (non-hydrogen) atoms. The topological polar surface area (TPSA) is 64.4 Å². The lowest BCUT2D eigenvalue weighted by Gasteiger charge is -2.39. The first-order valence-corrected chi connectivity index (χ1v) is 9.25. The van der Waals surface area contributed by atoms with E-state index in [1.807, 2.05) is 35.2 Å². The van der Waals surface area contributed by atoms with Crippen LogP contribution in [0.2, 0.25) is 0 Å². The predicted octanol–water partition coefficient (Wildman–Crippen LogP) is 2.26. The Hall–Kier alpha value is -3.08. The van der Waals surface area contributed by atoms with Gasteiger partial charge in [-0.1, -0.05) is 30.3 Å². The summed E-state index contributed by atoms with van der Waals surface area (Å²) in [4.78, 5) is 28.2. The van der Waals surface area contributed by atoms with E-state index < -0.39 is 23.7 Å². The van der Waals surface area contributed by atoms with Gasteiger partial charge in [-0.15, -0.1) is 5.26 Å². The summed E-state index contributed by atoms with van der Waals surface area (Å²) in [5.74, 6) is -1.38. The van der Waals surface area contributed by atoms with E-state index in [9.17, 15) is 19.2 Å². The van der Waals surface area contributed by atoms with E-state index in [2.05, 4.69) is 6.19 Å². The van der Waals surface area contributed by atoms with Crippen LogP contribution < -0.4 is 9.38 Å². The Morgan fingerprint density at radius 3 is 2.29 bits per heavy atom. The molecule has 2 saturated heterocycles. The summed E-state index contributed by atoms with van der Waals surface area (Å²) in [6.45, 7) is 2.07. The third-order valence-electron chi connectivity index (χ3n) is 5.64. The molecule has 1 atom stereocenters. The molecular weight excluding hydrogens is 359 g/mol. The number of nitrogens with zero attached hydrogens (tertiary/aromatic N) is 4. The Morgan fingerprint density at radius 1 is 1.00 bits per heavy atom. The number of quaternary nitrogens is 1. The fraction of sp³-hybridized carbons (Fsp3) is 0.286. The van der Waals surface area contributed by atoms with E-state index in [1.54, 1.807) is 6.07 Å². The average molecular weight is 379 g/mol. The number of imide groups is 1. The van der Waals surface area contributed by atoms with Gasteiger partial charge in [-0.25, -0.2) is 9.29 Å². The van der Waals surface area contributed by atoms with Crippen molar-refractivity contribution in [2.75, 3.05) is 31.1 Å². The standard InChI is InChI=1S/C21H20FN4O2/c22-17-8-4-5-9-18(17)25-20(27)14-19(21(25)28)24-10-12-26(15-23,13-11-24)16-6-2-1-3-7-16/h1-9,19H,10-14H2/q+1/t19-/m0/s1. The Morgan fingerprint density at radius 2 is 1.64 bits per heavy atom. The molecule has 0 bridgehead atoms. The van der Waals surface area contributed by atoms with Crippen LogP contribution in [-0.2, 0) is 9.59 Å². The molecular formula is C21H20FN4O2+. The van der Waals surface area contributed by atoms with Crippen molar-refractivity contribution in [1.82, 2.24) is 9.38 Å². The maximum Gasteiger partial charge on any atom is 0.314 e. The van der Waals surface area contributed by atoms with Crippen molar-refractivity contribution in [3.8, 4) is 6.19 Å². The monoisotopic (exact) mass is 379 g/mol. The van der Waals surface area contributed by atoms with Crippen molar-refractivity contribution >= 4 is 23.2 Å². The molecule has 0 N–H and O–H groups in total. The van der Waals surface area contributed by atoms with E-state index in [0.717, 1.165) is 10.6 Å². The van der Waals surface area contributed by atoms with Gasteiger partial charge in [0.05, 0.1) is 31.2 Å². The Kier molecular flexibility index (Phi) is 4.67. The Bertz CT molecular complexity index is 948. The quantitative estimate of drug-likeness (QED) is 0.466. The van der Waals surface area contributed by atoms with Gasteiger partial charge in [0.25, 0.3) is 5.91 Å². The highest BCUT2D eigenvalue weighted by molar-refractivity contribution is 6.22. The summed E-state index contributed by atoms with van der Waals surface area (Å²) in [6.07, 6.45) is 2.44. The normalized spacial score (nSPS) is 22.3. The highest BCUT2D eigenvalue weighted by Gasteiger charge is 2.46. The number of piperazine rings is 1. The number of rotatable bonds is 3. The number of nitriles is 1. The number of hydrogen-bond donors (Lipinski definition) is 0. The number of amides is 2. The first-order valence-electron chi connectivity index (χ1n) is 9.25. The number of para-hydroxylation sites is 2. The van der Waals surface area contributed by atoms with Crippen molar-refractivity contribution in [1.29, 1.82) is 5.26 Å². The minimum Gasteiger partial charge on any atom is -0.280 e. The second kappa shape index (κ2) is 7.15. The largest absolute Gasteiger partial charge is 0.314 e. The highest BCUT2D eigenvalue weighted by Crippen LogP contribution is 2.30. The number of anilines is 1. The SMILES string of the molecule is N#C[N+]1(c2ccccc2)CCN([C@H]2CC(=O)N(c3ccccc3F)C2=O)CC1. The molecule has 0 unspecified atom stereocenters. The molecule has 2 fully saturated rings. The first kappa shape index (κ1) is 18.3. The minimum absolute atomic E-state index is 0.00319. The first-order chi connectivity index (χ1) is 13.6. The second-order valence-corrected chi connectivity index (χ2v) is 7.13. The molecule has 2 aliphatic rings. The van der Waals surface area contributed by atoms with E-state index in [-0.39, 0.29) is 16.6 Å². The van der Waals surface area contributed by atoms with Crippen LogP contribution in [0.3, 0.4) is 0 Å². The van der Waals surface area contributed by atoms with Crippen molar-refractivity contribution in [3.63, 3.8) is 0 Å². The number of carbonyl (C=O) groups excluding carboxylic acids is 2. The summed E-state index contributed by atoms with van der Waals surface area (Å²) in [7, 11) is 0. The number of halogens is 1. The van der Waals surface area contributed by atoms with Gasteiger partial charge >= 0.3 is 6.19 Å². The summed E-state index contributed by atoms with van der Waals surface area (Å²) in [6, 6.07) is 14.8. The highest BCUT2D eigenvalue weighted by atomic mass is 19.1. The van der Waals surface area contributed by atoms with E-state index in [0.29, 0.717) is 26.2 Å². The fourth-order valence-electron chi connectivity index (χ4n) is 4.05. The van der Waals surface area contributed by atoms with Crippen LogP contribution in [0, 0.1) is 17.3 Å². The molecule has 0 aromatic heterocycles. The van der Waals surface area contributed by atoms with Gasteiger partial charge < -0.3 is 0 Å². The van der Waals surface area contributed by atoms with E-state index in [4.69, 9.17) is 0 Å². The third kappa shape index (κ3) is 2.97. The zero-order chi connectivity index (χ0) is 19.7. The lowest BCUT2D eigenvalue weighted by Crippen LogP contribution is -2.60. The lowest BCUT2D eigenvalue weighted by molar-refractivity contribution is -0.123. The lowest BCUT2D eigenvalue weighted by atomic mass is 10.1. The average Bonchev–Trinajstić information content (AvgIpc) is 3.03. The molecule has 0 saturated carbocycles. The van der Waals surface area contributed by atoms with Gasteiger partial charge in [0.1, 0.15) is 24.6 Å². The van der Waals surface area contributed by atoms with Gasteiger partial charge in [-0.05, 0) is 12.1 Å². The predicted molar refractivity (Wildman–Crippen MR) is 102 cm³/mol. The van der Waals surface area contributed by atoms with Crippen molar-refractivity contribution in [2.24, 2.45) is 0 Å². The van der Waals surface area contributed by atoms with Crippen molar-refractivity contribution in [2.45, 2.75) is 12.5 Å². The van der Waals surface area contributed by atoms with Gasteiger partial charge in [0.2, 0.25) is 5.91 Å². The molecule has 0 aliphatic carbocycles. The smallest absolute Gasteiger partial charge is 0.280 e. The van der Waals surface area contributed by atoms with Gasteiger partial charge in [0.15, 0.2) is 0 Å². The maximum absolute atomic E-state index is 14.1. The minimum atomic E-state index is -0.608. The molecule has 2 amide bonds. The van der Waals surface area contributed by atoms with Crippen molar-refractivity contribution in [3.05, 3.63) is 60.4 Å². The van der Waals surface area contributed by atoms with Crippen LogP contribution in [0.4, 0.5) is 15.8 Å². The molecule has 0 spiro atoms. The molecule has 0 radical (unpaired) electrons. The zero-order valence-electron chi connectivity index (χ0n) is 15.3. The molecule has 6 nitrogen and oxygen atoms in total. The van der Waals surface area contributed by atoms with Crippen LogP contribution in [0.1, 0.15) is 6.42 Å². The number of hydrogen-bond acceptors (Lipinski definition) is 4. The number of carbonyl (C=O) groups is 2. The van der Waals surface area contributed by atoms with Gasteiger partial charge in [-0.2, -0.15) is 4.48 Å².